The molecule has 7 heteroatoms. The zero-order valence-electron chi connectivity index (χ0n) is 7.06. The van der Waals surface area contributed by atoms with Gasteiger partial charge in [0.1, 0.15) is 0 Å². The van der Waals surface area contributed by atoms with Crippen molar-refractivity contribution in [3.05, 3.63) is 33.5 Å². The Balaban J connectivity index is 2.76. The predicted molar refractivity (Wildman–Crippen MR) is 53.8 cm³/mol. The average molecular weight is 236 g/mol. The average Bonchev–Trinajstić information content (AvgIpc) is 2.47. The molecular weight excluding hydrogens is 229 g/mol. The first-order valence-electron chi connectivity index (χ1n) is 3.73. The molecule has 0 saturated carbocycles. The lowest BCUT2D eigenvalue weighted by molar-refractivity contribution is -0.389. The van der Waals surface area contributed by atoms with Crippen LogP contribution in [-0.4, -0.2) is 20.6 Å². The minimum Gasteiger partial charge on any atom is -0.358 e. The van der Waals surface area contributed by atoms with Gasteiger partial charge in [-0.1, -0.05) is 23.8 Å². The molecule has 0 saturated heterocycles. The third-order valence-corrected chi connectivity index (χ3v) is 1.87. The summed E-state index contributed by atoms with van der Waals surface area (Å²) < 4.78 is 1.38. The van der Waals surface area contributed by atoms with E-state index in [1.807, 2.05) is 0 Å². The molecule has 1 aromatic rings. The Hall–Kier alpha value is -1.07. The second-order valence-electron chi connectivity index (χ2n) is 2.41. The van der Waals surface area contributed by atoms with Crippen molar-refractivity contribution in [2.24, 2.45) is 0 Å². The Morgan fingerprint density at radius 3 is 2.86 bits per heavy atom. The van der Waals surface area contributed by atoms with E-state index in [4.69, 9.17) is 23.2 Å². The van der Waals surface area contributed by atoms with Crippen LogP contribution in [0.15, 0.2) is 18.3 Å². The fourth-order valence-corrected chi connectivity index (χ4v) is 1.20. The van der Waals surface area contributed by atoms with Crippen molar-refractivity contribution in [3.8, 4) is 0 Å². The Bertz CT molecular complexity index is 362. The molecule has 0 fully saturated rings. The van der Waals surface area contributed by atoms with Gasteiger partial charge in [0.25, 0.3) is 0 Å². The van der Waals surface area contributed by atoms with E-state index in [0.717, 1.165) is 0 Å². The van der Waals surface area contributed by atoms with E-state index in [0.29, 0.717) is 12.4 Å². The Labute approximate surface area is 90.1 Å². The van der Waals surface area contributed by atoms with Crippen LogP contribution >= 0.6 is 23.2 Å². The van der Waals surface area contributed by atoms with Crippen molar-refractivity contribution in [1.82, 2.24) is 9.78 Å². The summed E-state index contributed by atoms with van der Waals surface area (Å²) >= 11 is 11.0. The van der Waals surface area contributed by atoms with E-state index in [9.17, 15) is 10.1 Å². The molecule has 76 valence electrons. The van der Waals surface area contributed by atoms with Gasteiger partial charge in [0.05, 0.1) is 17.8 Å². The molecule has 0 spiro atoms. The summed E-state index contributed by atoms with van der Waals surface area (Å²) in [6.07, 6.45) is 4.88. The minimum atomic E-state index is -0.621. The van der Waals surface area contributed by atoms with Crippen molar-refractivity contribution < 1.29 is 4.92 Å². The summed E-state index contributed by atoms with van der Waals surface area (Å²) in [6, 6.07) is 0. The monoisotopic (exact) mass is 235 g/mol. The third-order valence-electron chi connectivity index (χ3n) is 1.42. The number of allylic oxidation sites excluding steroid dienone is 2. The van der Waals surface area contributed by atoms with E-state index in [-0.39, 0.29) is 10.8 Å². The molecule has 0 aliphatic heterocycles. The lowest BCUT2D eigenvalue weighted by Crippen LogP contribution is -1.97. The Kier molecular flexibility index (Phi) is 3.91. The molecule has 0 atom stereocenters. The topological polar surface area (TPSA) is 61.0 Å². The summed E-state index contributed by atoms with van der Waals surface area (Å²) in [7, 11) is 0. The maximum absolute atomic E-state index is 10.4. The standard InChI is InChI=1S/C7H7Cl2N3O2/c8-3-1-2-4-11-5-6(9)7(10-11)12(13)14/h1-2,5H,3-4H2. The van der Waals surface area contributed by atoms with E-state index >= 15 is 0 Å². The highest BCUT2D eigenvalue weighted by Crippen LogP contribution is 2.20. The second-order valence-corrected chi connectivity index (χ2v) is 3.12. The second kappa shape index (κ2) is 4.97. The molecule has 5 nitrogen and oxygen atoms in total. The van der Waals surface area contributed by atoms with Gasteiger partial charge in [-0.15, -0.1) is 11.6 Å². The Morgan fingerprint density at radius 2 is 2.36 bits per heavy atom. The molecule has 0 bridgehead atoms. The minimum absolute atomic E-state index is 0.0364. The summed E-state index contributed by atoms with van der Waals surface area (Å²) in [5.41, 5.74) is 0. The van der Waals surface area contributed by atoms with Gasteiger partial charge in [-0.05, 0) is 4.92 Å². The lowest BCUT2D eigenvalue weighted by atomic mass is 10.5. The van der Waals surface area contributed by atoms with E-state index in [1.165, 1.54) is 10.9 Å². The van der Waals surface area contributed by atoms with Gasteiger partial charge in [0.15, 0.2) is 5.02 Å². The van der Waals surface area contributed by atoms with Crippen molar-refractivity contribution >= 4 is 29.0 Å². The van der Waals surface area contributed by atoms with E-state index in [1.54, 1.807) is 12.2 Å². The molecule has 0 aromatic carbocycles. The van der Waals surface area contributed by atoms with Crippen molar-refractivity contribution in [2.45, 2.75) is 6.54 Å². The summed E-state index contributed by atoms with van der Waals surface area (Å²) in [6.45, 7) is 0.417. The van der Waals surface area contributed by atoms with Crippen LogP contribution in [0.25, 0.3) is 0 Å². The molecule has 0 radical (unpaired) electrons. The zero-order valence-corrected chi connectivity index (χ0v) is 8.57. The first-order chi connectivity index (χ1) is 6.65. The molecule has 0 unspecified atom stereocenters. The van der Waals surface area contributed by atoms with Crippen LogP contribution in [0.2, 0.25) is 5.02 Å². The highest BCUT2D eigenvalue weighted by molar-refractivity contribution is 6.32. The smallest absolute Gasteiger partial charge is 0.358 e. The molecule has 0 aliphatic carbocycles. The number of nitro groups is 1. The number of alkyl halides is 1. The van der Waals surface area contributed by atoms with Crippen molar-refractivity contribution in [2.75, 3.05) is 5.88 Å². The number of rotatable bonds is 4. The number of hydrogen-bond donors (Lipinski definition) is 0. The first-order valence-corrected chi connectivity index (χ1v) is 4.64. The number of halogens is 2. The van der Waals surface area contributed by atoms with Crippen LogP contribution in [0.1, 0.15) is 0 Å². The molecule has 1 rings (SSSR count). The van der Waals surface area contributed by atoms with E-state index in [2.05, 4.69) is 5.10 Å². The molecule has 1 heterocycles. The zero-order chi connectivity index (χ0) is 10.6. The number of aromatic nitrogens is 2. The van der Waals surface area contributed by atoms with Crippen LogP contribution in [0.5, 0.6) is 0 Å². The normalized spacial score (nSPS) is 11.0. The van der Waals surface area contributed by atoms with Gasteiger partial charge in [-0.25, -0.2) is 0 Å². The third kappa shape index (κ3) is 2.71. The number of hydrogen-bond acceptors (Lipinski definition) is 3. The van der Waals surface area contributed by atoms with Gasteiger partial charge in [0, 0.05) is 5.88 Å². The lowest BCUT2D eigenvalue weighted by Gasteiger charge is -1.87. The summed E-state index contributed by atoms with van der Waals surface area (Å²) in [5, 5.41) is 14.1. The van der Waals surface area contributed by atoms with Crippen LogP contribution < -0.4 is 0 Å². The van der Waals surface area contributed by atoms with Crippen LogP contribution in [0.4, 0.5) is 5.82 Å². The fraction of sp³-hybridized carbons (Fsp3) is 0.286. The summed E-state index contributed by atoms with van der Waals surface area (Å²) in [4.78, 5) is 9.75. The van der Waals surface area contributed by atoms with Crippen LogP contribution in [-0.2, 0) is 6.54 Å². The van der Waals surface area contributed by atoms with Crippen LogP contribution in [0.3, 0.4) is 0 Å². The Morgan fingerprint density at radius 1 is 1.64 bits per heavy atom. The van der Waals surface area contributed by atoms with Gasteiger partial charge in [-0.3, -0.25) is 0 Å². The molecule has 1 aromatic heterocycles. The van der Waals surface area contributed by atoms with Gasteiger partial charge < -0.3 is 10.1 Å². The fourth-order valence-electron chi connectivity index (χ4n) is 0.850. The largest absolute Gasteiger partial charge is 0.408 e. The molecule has 0 N–H and O–H groups in total. The highest BCUT2D eigenvalue weighted by Gasteiger charge is 2.17. The van der Waals surface area contributed by atoms with E-state index < -0.39 is 4.92 Å². The van der Waals surface area contributed by atoms with Crippen molar-refractivity contribution in [1.29, 1.82) is 0 Å². The molecular formula is C7H7Cl2N3O2. The molecule has 0 amide bonds. The first kappa shape index (κ1) is 11.0. The summed E-state index contributed by atoms with van der Waals surface area (Å²) in [5.74, 6) is 0.0721. The van der Waals surface area contributed by atoms with Gasteiger partial charge in [0.2, 0.25) is 0 Å². The van der Waals surface area contributed by atoms with Crippen molar-refractivity contribution in [3.63, 3.8) is 0 Å². The highest BCUT2D eigenvalue weighted by atomic mass is 35.5. The van der Waals surface area contributed by atoms with Gasteiger partial charge in [-0.2, -0.15) is 4.68 Å². The molecule has 0 aliphatic rings. The van der Waals surface area contributed by atoms with Gasteiger partial charge >= 0.3 is 5.82 Å². The van der Waals surface area contributed by atoms with Crippen LogP contribution in [0, 0.1) is 10.1 Å². The molecule has 14 heavy (non-hydrogen) atoms. The number of nitrogens with zero attached hydrogens (tertiary/aromatic N) is 3. The maximum Gasteiger partial charge on any atom is 0.408 e. The SMILES string of the molecule is O=[N+]([O-])c1nn(CC=CCCl)cc1Cl. The quantitative estimate of drug-likeness (QED) is 0.348. The predicted octanol–water partition coefficient (Wildman–Crippen LogP) is 2.24. The maximum atomic E-state index is 10.4.